The lowest BCUT2D eigenvalue weighted by Crippen LogP contribution is -2.41. The number of thioether (sulfide) groups is 1. The number of hydrogen-bond donors (Lipinski definition) is 1. The molecule has 0 heterocycles. The van der Waals surface area contributed by atoms with Gasteiger partial charge in [0.1, 0.15) is 5.82 Å². The number of alkyl halides is 3. The Hall–Kier alpha value is -2.02. The van der Waals surface area contributed by atoms with Gasteiger partial charge in [-0.05, 0) is 36.8 Å². The summed E-state index contributed by atoms with van der Waals surface area (Å²) in [4.78, 5) is 12.9. The minimum atomic E-state index is -4.68. The number of nitrogens with one attached hydrogen (secondary N) is 1. The molecule has 0 aliphatic heterocycles. The predicted molar refractivity (Wildman–Crippen MR) is 85.1 cm³/mol. The number of rotatable bonds is 5. The van der Waals surface area contributed by atoms with Crippen LogP contribution in [0.2, 0.25) is 0 Å². The molecule has 0 aromatic heterocycles. The lowest BCUT2D eigenvalue weighted by molar-refractivity contribution is -0.163. The zero-order valence-electron chi connectivity index (χ0n) is 12.7. The molecule has 2 aromatic carbocycles. The van der Waals surface area contributed by atoms with Gasteiger partial charge in [-0.2, -0.15) is 13.2 Å². The molecule has 128 valence electrons. The maximum absolute atomic E-state index is 13.2. The average Bonchev–Trinajstić information content (AvgIpc) is 2.53. The van der Waals surface area contributed by atoms with Crippen molar-refractivity contribution >= 4 is 17.7 Å². The molecule has 2 aromatic rings. The predicted octanol–water partition coefficient (Wildman–Crippen LogP) is 4.73. The molecule has 0 aliphatic carbocycles. The van der Waals surface area contributed by atoms with Gasteiger partial charge in [0.25, 0.3) is 0 Å². The van der Waals surface area contributed by atoms with Gasteiger partial charge in [0.15, 0.2) is 6.04 Å². The summed E-state index contributed by atoms with van der Waals surface area (Å²) in [5, 5.41) is 1.30. The van der Waals surface area contributed by atoms with Gasteiger partial charge in [0.2, 0.25) is 5.91 Å². The van der Waals surface area contributed by atoms with Crippen molar-refractivity contribution in [3.63, 3.8) is 0 Å². The van der Waals surface area contributed by atoms with E-state index in [0.717, 1.165) is 40.9 Å². The van der Waals surface area contributed by atoms with Crippen LogP contribution in [0.25, 0.3) is 0 Å². The van der Waals surface area contributed by atoms with Crippen LogP contribution in [-0.4, -0.2) is 17.3 Å². The first-order valence-electron chi connectivity index (χ1n) is 7.11. The molecule has 0 aliphatic rings. The lowest BCUT2D eigenvalue weighted by Gasteiger charge is -2.23. The first-order valence-corrected chi connectivity index (χ1v) is 7.99. The zero-order valence-corrected chi connectivity index (χ0v) is 13.5. The standard InChI is InChI=1S/C17H15F4NOS/c1-11(24-14-5-3-2-4-6-14)16(23)22-15(17(19,20)21)12-7-9-13(18)10-8-12/h2-11,15H,1H3,(H,22,23). The van der Waals surface area contributed by atoms with Crippen molar-refractivity contribution in [3.8, 4) is 0 Å². The van der Waals surface area contributed by atoms with E-state index in [1.165, 1.54) is 6.92 Å². The summed E-state index contributed by atoms with van der Waals surface area (Å²) in [6.45, 7) is 1.53. The van der Waals surface area contributed by atoms with E-state index in [1.807, 2.05) is 11.4 Å². The fraction of sp³-hybridized carbons (Fsp3) is 0.235. The Kier molecular flexibility index (Phi) is 5.88. The minimum absolute atomic E-state index is 0.214. The van der Waals surface area contributed by atoms with E-state index < -0.39 is 29.2 Å². The normalized spacial score (nSPS) is 14.0. The van der Waals surface area contributed by atoms with Crippen molar-refractivity contribution in [3.05, 3.63) is 66.0 Å². The number of benzene rings is 2. The van der Waals surface area contributed by atoms with Crippen molar-refractivity contribution < 1.29 is 22.4 Å². The van der Waals surface area contributed by atoms with Crippen LogP contribution in [0.1, 0.15) is 18.5 Å². The topological polar surface area (TPSA) is 29.1 Å². The maximum atomic E-state index is 13.2. The van der Waals surface area contributed by atoms with Crippen LogP contribution in [0.15, 0.2) is 59.5 Å². The number of carbonyl (C=O) groups is 1. The molecule has 7 heteroatoms. The summed E-state index contributed by atoms with van der Waals surface area (Å²) < 4.78 is 52.6. The van der Waals surface area contributed by atoms with E-state index >= 15 is 0 Å². The Bertz CT molecular complexity index is 673. The van der Waals surface area contributed by atoms with Crippen LogP contribution in [-0.2, 0) is 4.79 Å². The third-order valence-corrected chi connectivity index (χ3v) is 4.35. The van der Waals surface area contributed by atoms with Gasteiger partial charge in [-0.3, -0.25) is 4.79 Å². The Morgan fingerprint density at radius 1 is 1.04 bits per heavy atom. The van der Waals surface area contributed by atoms with E-state index in [0.29, 0.717) is 0 Å². The molecule has 2 unspecified atom stereocenters. The zero-order chi connectivity index (χ0) is 17.7. The summed E-state index contributed by atoms with van der Waals surface area (Å²) >= 11 is 1.16. The van der Waals surface area contributed by atoms with Crippen molar-refractivity contribution in [2.75, 3.05) is 0 Å². The average molecular weight is 357 g/mol. The van der Waals surface area contributed by atoms with E-state index in [9.17, 15) is 22.4 Å². The third-order valence-electron chi connectivity index (χ3n) is 3.24. The molecule has 0 saturated heterocycles. The Morgan fingerprint density at radius 2 is 1.62 bits per heavy atom. The molecule has 24 heavy (non-hydrogen) atoms. The highest BCUT2D eigenvalue weighted by Crippen LogP contribution is 2.33. The molecule has 0 spiro atoms. The molecule has 0 fully saturated rings. The van der Waals surface area contributed by atoms with Crippen LogP contribution < -0.4 is 5.32 Å². The summed E-state index contributed by atoms with van der Waals surface area (Å²) in [5.41, 5.74) is -0.214. The van der Waals surface area contributed by atoms with Crippen molar-refractivity contribution in [1.29, 1.82) is 0 Å². The van der Waals surface area contributed by atoms with Gasteiger partial charge >= 0.3 is 6.18 Å². The van der Waals surface area contributed by atoms with Crippen LogP contribution in [0.3, 0.4) is 0 Å². The van der Waals surface area contributed by atoms with Gasteiger partial charge in [-0.15, -0.1) is 11.8 Å². The highest BCUT2D eigenvalue weighted by Gasteiger charge is 2.42. The first-order chi connectivity index (χ1) is 11.3. The van der Waals surface area contributed by atoms with Crippen molar-refractivity contribution in [2.24, 2.45) is 0 Å². The van der Waals surface area contributed by atoms with E-state index in [4.69, 9.17) is 0 Å². The maximum Gasteiger partial charge on any atom is 0.412 e. The molecule has 0 bridgehead atoms. The van der Waals surface area contributed by atoms with Gasteiger partial charge in [0.05, 0.1) is 5.25 Å². The molecular formula is C17H15F4NOS. The number of halogens is 4. The highest BCUT2D eigenvalue weighted by molar-refractivity contribution is 8.00. The smallest absolute Gasteiger partial charge is 0.340 e. The van der Waals surface area contributed by atoms with Crippen molar-refractivity contribution in [2.45, 2.75) is 29.3 Å². The highest BCUT2D eigenvalue weighted by atomic mass is 32.2. The number of carbonyl (C=O) groups excluding carboxylic acids is 1. The van der Waals surface area contributed by atoms with Gasteiger partial charge in [0, 0.05) is 4.90 Å². The molecule has 1 N–H and O–H groups in total. The molecule has 0 radical (unpaired) electrons. The summed E-state index contributed by atoms with van der Waals surface area (Å²) in [7, 11) is 0. The fourth-order valence-corrected chi connectivity index (χ4v) is 2.92. The Balaban J connectivity index is 2.11. The molecule has 2 nitrogen and oxygen atoms in total. The first kappa shape index (κ1) is 18.3. The van der Waals surface area contributed by atoms with Crippen molar-refractivity contribution in [1.82, 2.24) is 5.32 Å². The summed E-state index contributed by atoms with van der Waals surface area (Å²) in [5.74, 6) is -1.38. The van der Waals surface area contributed by atoms with Crippen LogP contribution >= 0.6 is 11.8 Å². The second-order valence-corrected chi connectivity index (χ2v) is 6.52. The van der Waals surface area contributed by atoms with E-state index in [-0.39, 0.29) is 5.56 Å². The summed E-state index contributed by atoms with van der Waals surface area (Å²) in [6, 6.07) is 10.6. The largest absolute Gasteiger partial charge is 0.412 e. The Morgan fingerprint density at radius 3 is 2.17 bits per heavy atom. The quantitative estimate of drug-likeness (QED) is 0.619. The number of amides is 1. The Labute approximate surface area is 141 Å². The van der Waals surface area contributed by atoms with Crippen LogP contribution in [0.5, 0.6) is 0 Å². The molecule has 0 saturated carbocycles. The second-order valence-electron chi connectivity index (χ2n) is 5.11. The molecule has 1 amide bonds. The molecule has 2 rings (SSSR count). The van der Waals surface area contributed by atoms with Crippen LogP contribution in [0, 0.1) is 5.82 Å². The lowest BCUT2D eigenvalue weighted by atomic mass is 10.1. The van der Waals surface area contributed by atoms with Gasteiger partial charge in [-0.1, -0.05) is 30.3 Å². The number of hydrogen-bond acceptors (Lipinski definition) is 2. The van der Waals surface area contributed by atoms with E-state index in [2.05, 4.69) is 0 Å². The van der Waals surface area contributed by atoms with Crippen LogP contribution in [0.4, 0.5) is 17.6 Å². The monoisotopic (exact) mass is 357 g/mol. The second kappa shape index (κ2) is 7.70. The fourth-order valence-electron chi connectivity index (χ4n) is 2.03. The van der Waals surface area contributed by atoms with E-state index in [1.54, 1.807) is 24.3 Å². The SMILES string of the molecule is CC(Sc1ccccc1)C(=O)NC(c1ccc(F)cc1)C(F)(F)F. The minimum Gasteiger partial charge on any atom is -0.340 e. The summed E-state index contributed by atoms with van der Waals surface area (Å²) in [6.07, 6.45) is -4.68. The molecule has 2 atom stereocenters. The molecular weight excluding hydrogens is 342 g/mol. The van der Waals surface area contributed by atoms with Gasteiger partial charge < -0.3 is 5.32 Å². The van der Waals surface area contributed by atoms with Gasteiger partial charge in [-0.25, -0.2) is 4.39 Å². The third kappa shape index (κ3) is 4.99.